The lowest BCUT2D eigenvalue weighted by Crippen LogP contribution is -2.25. The normalized spacial score (nSPS) is 10.7. The maximum atomic E-state index is 14.5. The van der Waals surface area contributed by atoms with E-state index in [1.165, 1.54) is 17.2 Å². The lowest BCUT2D eigenvalue weighted by Gasteiger charge is -2.17. The van der Waals surface area contributed by atoms with Gasteiger partial charge in [-0.25, -0.2) is 9.37 Å². The molecule has 1 amide bonds. The quantitative estimate of drug-likeness (QED) is 0.556. The average molecular weight is 420 g/mol. The third kappa shape index (κ3) is 5.51. The van der Waals surface area contributed by atoms with Crippen molar-refractivity contribution in [1.29, 1.82) is 0 Å². The molecular formula is C24H25FN4O2. The van der Waals surface area contributed by atoms with Crippen molar-refractivity contribution >= 4 is 17.5 Å². The van der Waals surface area contributed by atoms with E-state index in [1.54, 1.807) is 50.5 Å². The number of aryl methyl sites for hydroxylation is 1. The number of hydrogen-bond donors (Lipinski definition) is 1. The monoisotopic (exact) mass is 420 g/mol. The number of halogens is 1. The van der Waals surface area contributed by atoms with Gasteiger partial charge >= 0.3 is 0 Å². The second-order valence-electron chi connectivity index (χ2n) is 7.31. The molecular weight excluding hydrogens is 395 g/mol. The van der Waals surface area contributed by atoms with Crippen LogP contribution < -0.4 is 5.73 Å². The summed E-state index contributed by atoms with van der Waals surface area (Å²) >= 11 is 0. The number of benzene rings is 1. The van der Waals surface area contributed by atoms with Crippen LogP contribution in [0.25, 0.3) is 11.3 Å². The number of nitrogens with two attached hydrogens (primary N) is 1. The smallest absolute Gasteiger partial charge is 0.222 e. The third-order valence-corrected chi connectivity index (χ3v) is 5.12. The number of nitrogen functional groups attached to an aromatic ring is 1. The number of carbonyl (C=O) groups excluding carboxylic acids is 2. The van der Waals surface area contributed by atoms with E-state index in [1.807, 2.05) is 6.07 Å². The maximum Gasteiger partial charge on any atom is 0.222 e. The molecule has 1 aromatic carbocycles. The molecule has 2 N–H and O–H groups in total. The highest BCUT2D eigenvalue weighted by Gasteiger charge is 2.13. The van der Waals surface area contributed by atoms with Gasteiger partial charge in [0.25, 0.3) is 0 Å². The third-order valence-electron chi connectivity index (χ3n) is 5.12. The van der Waals surface area contributed by atoms with Gasteiger partial charge in [0.2, 0.25) is 5.91 Å². The summed E-state index contributed by atoms with van der Waals surface area (Å²) in [7, 11) is 1.65. The molecule has 0 saturated carbocycles. The van der Waals surface area contributed by atoms with Crippen molar-refractivity contribution in [2.75, 3.05) is 12.8 Å². The lowest BCUT2D eigenvalue weighted by atomic mass is 10.0. The van der Waals surface area contributed by atoms with Gasteiger partial charge in [0.05, 0.1) is 5.69 Å². The molecule has 3 aromatic rings. The zero-order valence-electron chi connectivity index (χ0n) is 17.6. The summed E-state index contributed by atoms with van der Waals surface area (Å²) < 4.78 is 14.5. The van der Waals surface area contributed by atoms with E-state index in [0.717, 1.165) is 5.56 Å². The molecule has 3 rings (SSSR count). The topological polar surface area (TPSA) is 89.2 Å². The molecule has 6 nitrogen and oxygen atoms in total. The Bertz CT molecular complexity index is 1080. The number of hydrogen-bond acceptors (Lipinski definition) is 5. The summed E-state index contributed by atoms with van der Waals surface area (Å²) in [5, 5.41) is 0. The predicted octanol–water partition coefficient (Wildman–Crippen LogP) is 4.05. The van der Waals surface area contributed by atoms with Crippen LogP contribution in [0.1, 0.15) is 41.3 Å². The standard InChI is InChI=1S/C24H25FN4O2/c1-3-23(31)29(2)15-19-7-6-17(13-20(19)25)21-10-8-18(14-28-21)22(30)11-9-16-5-4-12-27-24(16)26/h4-8,10,12-14H,3,9,11,15H2,1-2H3,(H2,26,27). The van der Waals surface area contributed by atoms with Crippen LogP contribution in [-0.4, -0.2) is 33.6 Å². The Balaban J connectivity index is 1.66. The summed E-state index contributed by atoms with van der Waals surface area (Å²) in [6, 6.07) is 11.8. The molecule has 2 aromatic heterocycles. The molecule has 31 heavy (non-hydrogen) atoms. The Morgan fingerprint density at radius 3 is 2.55 bits per heavy atom. The van der Waals surface area contributed by atoms with E-state index in [9.17, 15) is 14.0 Å². The number of amides is 1. The zero-order valence-corrected chi connectivity index (χ0v) is 17.6. The molecule has 0 aliphatic rings. The van der Waals surface area contributed by atoms with Gasteiger partial charge in [-0.2, -0.15) is 0 Å². The second-order valence-corrected chi connectivity index (χ2v) is 7.31. The minimum absolute atomic E-state index is 0.0448. The number of pyridine rings is 2. The highest BCUT2D eigenvalue weighted by molar-refractivity contribution is 5.96. The molecule has 0 atom stereocenters. The van der Waals surface area contributed by atoms with E-state index in [4.69, 9.17) is 5.73 Å². The van der Waals surface area contributed by atoms with Gasteiger partial charge in [-0.05, 0) is 36.2 Å². The van der Waals surface area contributed by atoms with Crippen molar-refractivity contribution in [2.45, 2.75) is 32.7 Å². The molecule has 0 bridgehead atoms. The molecule has 0 radical (unpaired) electrons. The fourth-order valence-corrected chi connectivity index (χ4v) is 3.23. The van der Waals surface area contributed by atoms with Crippen molar-refractivity contribution in [3.8, 4) is 11.3 Å². The summed E-state index contributed by atoms with van der Waals surface area (Å²) in [4.78, 5) is 34.0. The maximum absolute atomic E-state index is 14.5. The fraction of sp³-hybridized carbons (Fsp3) is 0.250. The molecule has 2 heterocycles. The summed E-state index contributed by atoms with van der Waals surface area (Å²) in [6.07, 6.45) is 4.29. The Morgan fingerprint density at radius 2 is 1.90 bits per heavy atom. The number of ketones is 1. The van der Waals surface area contributed by atoms with Crippen molar-refractivity contribution in [3.63, 3.8) is 0 Å². The zero-order chi connectivity index (χ0) is 22.4. The summed E-state index contributed by atoms with van der Waals surface area (Å²) in [6.45, 7) is 1.98. The van der Waals surface area contributed by atoms with Crippen molar-refractivity contribution in [1.82, 2.24) is 14.9 Å². The van der Waals surface area contributed by atoms with Gasteiger partial charge in [0.15, 0.2) is 5.78 Å². The largest absolute Gasteiger partial charge is 0.383 e. The highest BCUT2D eigenvalue weighted by Crippen LogP contribution is 2.22. The van der Waals surface area contributed by atoms with Crippen LogP contribution in [0.5, 0.6) is 0 Å². The molecule has 0 fully saturated rings. The van der Waals surface area contributed by atoms with E-state index in [2.05, 4.69) is 9.97 Å². The van der Waals surface area contributed by atoms with Crippen LogP contribution in [-0.2, 0) is 17.8 Å². The van der Waals surface area contributed by atoms with E-state index >= 15 is 0 Å². The predicted molar refractivity (Wildman–Crippen MR) is 118 cm³/mol. The van der Waals surface area contributed by atoms with Gasteiger partial charge in [0, 0.05) is 55.5 Å². The summed E-state index contributed by atoms with van der Waals surface area (Å²) in [5.74, 6) is -0.0622. The molecule has 0 aliphatic carbocycles. The average Bonchev–Trinajstić information content (AvgIpc) is 2.79. The van der Waals surface area contributed by atoms with E-state index < -0.39 is 5.82 Å². The van der Waals surface area contributed by atoms with E-state index in [0.29, 0.717) is 47.5 Å². The first-order valence-corrected chi connectivity index (χ1v) is 10.1. The minimum atomic E-state index is -0.399. The number of nitrogens with zero attached hydrogens (tertiary/aromatic N) is 3. The highest BCUT2D eigenvalue weighted by atomic mass is 19.1. The second kappa shape index (κ2) is 9.93. The molecule has 0 aliphatic heterocycles. The van der Waals surface area contributed by atoms with E-state index in [-0.39, 0.29) is 18.2 Å². The lowest BCUT2D eigenvalue weighted by molar-refractivity contribution is -0.130. The summed E-state index contributed by atoms with van der Waals surface area (Å²) in [5.41, 5.74) is 8.75. The van der Waals surface area contributed by atoms with Gasteiger partial charge in [-0.3, -0.25) is 14.6 Å². The Morgan fingerprint density at radius 1 is 1.10 bits per heavy atom. The first kappa shape index (κ1) is 22.1. The Hall–Kier alpha value is -3.61. The molecule has 7 heteroatoms. The van der Waals surface area contributed by atoms with Crippen LogP contribution >= 0.6 is 0 Å². The number of rotatable bonds is 8. The van der Waals surface area contributed by atoms with Crippen LogP contribution in [0.4, 0.5) is 10.2 Å². The molecule has 0 saturated heterocycles. The molecule has 160 valence electrons. The number of carbonyl (C=O) groups is 2. The Labute approximate surface area is 180 Å². The first-order valence-electron chi connectivity index (χ1n) is 10.1. The van der Waals surface area contributed by atoms with Gasteiger partial charge < -0.3 is 10.6 Å². The van der Waals surface area contributed by atoms with Crippen molar-refractivity contribution in [3.05, 3.63) is 77.4 Å². The first-order chi connectivity index (χ1) is 14.9. The SMILES string of the molecule is CCC(=O)N(C)Cc1ccc(-c2ccc(C(=O)CCc3cccnc3N)cn2)cc1F. The molecule has 0 unspecified atom stereocenters. The number of aromatic nitrogens is 2. The van der Waals surface area contributed by atoms with Gasteiger partial charge in [-0.15, -0.1) is 0 Å². The molecule has 0 spiro atoms. The van der Waals surface area contributed by atoms with Crippen LogP contribution in [0.15, 0.2) is 54.9 Å². The number of Topliss-reactive ketones (excluding diaryl/α,β-unsaturated/α-hetero) is 1. The Kier molecular flexibility index (Phi) is 7.07. The fourth-order valence-electron chi connectivity index (χ4n) is 3.23. The van der Waals surface area contributed by atoms with Gasteiger partial charge in [-0.1, -0.05) is 25.1 Å². The van der Waals surface area contributed by atoms with Crippen LogP contribution in [0.3, 0.4) is 0 Å². The van der Waals surface area contributed by atoms with Crippen molar-refractivity contribution in [2.24, 2.45) is 0 Å². The minimum Gasteiger partial charge on any atom is -0.383 e. The van der Waals surface area contributed by atoms with Gasteiger partial charge in [0.1, 0.15) is 11.6 Å². The van der Waals surface area contributed by atoms with Crippen molar-refractivity contribution < 1.29 is 14.0 Å². The van der Waals surface area contributed by atoms with Crippen LogP contribution in [0, 0.1) is 5.82 Å². The number of anilines is 1. The van der Waals surface area contributed by atoms with Crippen LogP contribution in [0.2, 0.25) is 0 Å².